The number of para-hydroxylation sites is 1. The lowest BCUT2D eigenvalue weighted by Gasteiger charge is -2.05. The number of nitrogens with zero attached hydrogens (tertiary/aromatic N) is 5. The van der Waals surface area contributed by atoms with Crippen molar-refractivity contribution in [2.24, 2.45) is 0 Å². The van der Waals surface area contributed by atoms with E-state index in [1.54, 1.807) is 18.2 Å². The number of benzene rings is 3. The lowest BCUT2D eigenvalue weighted by Crippen LogP contribution is -2.23. The Hall–Kier alpha value is -3.98. The van der Waals surface area contributed by atoms with E-state index in [2.05, 4.69) is 17.0 Å². The standard InChI is InChI=1S/C29H21Cl2N5O2S/c1-2-14-38-22-11-8-18(9-12-22)26-19(17-35(33-26)21-6-4-3-5-7-21)15-25-28(37)36-29(39-25)32-27(34-36)23-13-10-20(30)16-24(23)31/h3-13,15-17H,2,14H2,1H3/b25-15-. The van der Waals surface area contributed by atoms with E-state index in [1.165, 1.54) is 15.9 Å². The summed E-state index contributed by atoms with van der Waals surface area (Å²) in [6.07, 6.45) is 4.69. The molecule has 3 aromatic heterocycles. The Bertz CT molecular complexity index is 1900. The fourth-order valence-corrected chi connectivity index (χ4v) is 5.51. The zero-order chi connectivity index (χ0) is 26.9. The minimum Gasteiger partial charge on any atom is -0.494 e. The number of ether oxygens (including phenoxy) is 1. The average molecular weight is 574 g/mol. The Morgan fingerprint density at radius 3 is 2.51 bits per heavy atom. The van der Waals surface area contributed by atoms with Gasteiger partial charge in [0.25, 0.3) is 5.56 Å². The summed E-state index contributed by atoms with van der Waals surface area (Å²) in [5.41, 5.74) is 3.71. The minimum absolute atomic E-state index is 0.263. The van der Waals surface area contributed by atoms with Crippen LogP contribution in [0.15, 0.2) is 83.8 Å². The van der Waals surface area contributed by atoms with Crippen LogP contribution >= 0.6 is 34.5 Å². The molecule has 0 atom stereocenters. The summed E-state index contributed by atoms with van der Waals surface area (Å²) in [6, 6.07) is 22.7. The van der Waals surface area contributed by atoms with Gasteiger partial charge in [0, 0.05) is 27.9 Å². The molecule has 39 heavy (non-hydrogen) atoms. The minimum atomic E-state index is -0.263. The summed E-state index contributed by atoms with van der Waals surface area (Å²) in [5.74, 6) is 1.17. The number of aromatic nitrogens is 5. The van der Waals surface area contributed by atoms with Crippen molar-refractivity contribution in [3.63, 3.8) is 0 Å². The molecule has 3 heterocycles. The predicted octanol–water partition coefficient (Wildman–Crippen LogP) is 6.31. The maximum absolute atomic E-state index is 13.3. The molecule has 10 heteroatoms. The third-order valence-corrected chi connectivity index (χ3v) is 7.51. The van der Waals surface area contributed by atoms with Crippen LogP contribution in [0.4, 0.5) is 0 Å². The van der Waals surface area contributed by atoms with E-state index >= 15 is 0 Å². The highest BCUT2D eigenvalue weighted by Crippen LogP contribution is 2.29. The Kier molecular flexibility index (Phi) is 6.91. The molecule has 7 nitrogen and oxygen atoms in total. The monoisotopic (exact) mass is 573 g/mol. The molecular weight excluding hydrogens is 553 g/mol. The van der Waals surface area contributed by atoms with Crippen molar-refractivity contribution in [1.82, 2.24) is 24.4 Å². The van der Waals surface area contributed by atoms with Gasteiger partial charge in [-0.15, -0.1) is 5.10 Å². The van der Waals surface area contributed by atoms with Crippen LogP contribution in [0.3, 0.4) is 0 Å². The predicted molar refractivity (Wildman–Crippen MR) is 156 cm³/mol. The van der Waals surface area contributed by atoms with Crippen LogP contribution < -0.4 is 14.8 Å². The molecule has 0 radical (unpaired) electrons. The zero-order valence-corrected chi connectivity index (χ0v) is 23.0. The van der Waals surface area contributed by atoms with Gasteiger partial charge in [-0.3, -0.25) is 4.79 Å². The number of hydrogen-bond acceptors (Lipinski definition) is 6. The molecule has 0 aliphatic rings. The molecule has 6 rings (SSSR count). The fourth-order valence-electron chi connectivity index (χ4n) is 4.12. The normalized spacial score (nSPS) is 11.9. The molecule has 194 valence electrons. The van der Waals surface area contributed by atoms with Crippen LogP contribution in [-0.2, 0) is 0 Å². The van der Waals surface area contributed by atoms with E-state index in [0.717, 1.165) is 34.7 Å². The molecule has 0 N–H and O–H groups in total. The Morgan fingerprint density at radius 1 is 1.00 bits per heavy atom. The van der Waals surface area contributed by atoms with Crippen LogP contribution in [0.25, 0.3) is 39.4 Å². The topological polar surface area (TPSA) is 74.3 Å². The van der Waals surface area contributed by atoms with Crippen LogP contribution in [0.5, 0.6) is 5.75 Å². The van der Waals surface area contributed by atoms with Gasteiger partial charge in [-0.05, 0) is 67.1 Å². The van der Waals surface area contributed by atoms with Gasteiger partial charge >= 0.3 is 0 Å². The molecule has 0 saturated carbocycles. The second kappa shape index (κ2) is 10.6. The number of hydrogen-bond donors (Lipinski definition) is 0. The second-order valence-corrected chi connectivity index (χ2v) is 10.6. The van der Waals surface area contributed by atoms with E-state index < -0.39 is 0 Å². The van der Waals surface area contributed by atoms with Gasteiger partial charge in [0.05, 0.1) is 21.8 Å². The number of fused-ring (bicyclic) bond motifs is 1. The first kappa shape index (κ1) is 25.3. The molecule has 0 spiro atoms. The van der Waals surface area contributed by atoms with E-state index in [1.807, 2.05) is 71.6 Å². The summed E-state index contributed by atoms with van der Waals surface area (Å²) < 4.78 is 9.35. The van der Waals surface area contributed by atoms with Gasteiger partial charge in [-0.1, -0.05) is 59.7 Å². The second-order valence-electron chi connectivity index (χ2n) is 8.76. The first-order chi connectivity index (χ1) is 19.0. The Balaban J connectivity index is 1.44. The Morgan fingerprint density at radius 2 is 1.79 bits per heavy atom. The molecule has 3 aromatic carbocycles. The highest BCUT2D eigenvalue weighted by atomic mass is 35.5. The number of thiazole rings is 1. The van der Waals surface area contributed by atoms with Crippen molar-refractivity contribution >= 4 is 45.6 Å². The van der Waals surface area contributed by atoms with E-state index in [-0.39, 0.29) is 5.56 Å². The van der Waals surface area contributed by atoms with E-state index in [4.69, 9.17) is 33.0 Å². The van der Waals surface area contributed by atoms with Gasteiger partial charge < -0.3 is 4.74 Å². The van der Waals surface area contributed by atoms with Crippen LogP contribution in [-0.4, -0.2) is 31.0 Å². The Labute approximate surface area is 237 Å². The van der Waals surface area contributed by atoms with Crippen molar-refractivity contribution in [2.45, 2.75) is 13.3 Å². The van der Waals surface area contributed by atoms with Gasteiger partial charge in [-0.2, -0.15) is 14.6 Å². The number of halogens is 2. The van der Waals surface area contributed by atoms with Gasteiger partial charge in [0.15, 0.2) is 5.82 Å². The molecule has 6 aromatic rings. The zero-order valence-electron chi connectivity index (χ0n) is 20.7. The van der Waals surface area contributed by atoms with Gasteiger partial charge in [-0.25, -0.2) is 4.68 Å². The first-order valence-electron chi connectivity index (χ1n) is 12.2. The van der Waals surface area contributed by atoms with Gasteiger partial charge in [0.2, 0.25) is 4.96 Å². The van der Waals surface area contributed by atoms with Crippen LogP contribution in [0, 0.1) is 0 Å². The van der Waals surface area contributed by atoms with Crippen LogP contribution in [0.2, 0.25) is 10.0 Å². The van der Waals surface area contributed by atoms with Crippen molar-refractivity contribution in [3.8, 4) is 34.1 Å². The lowest BCUT2D eigenvalue weighted by atomic mass is 10.1. The molecule has 0 amide bonds. The third kappa shape index (κ3) is 5.06. The fraction of sp³-hybridized carbons (Fsp3) is 0.103. The molecule has 0 saturated heterocycles. The summed E-state index contributed by atoms with van der Waals surface area (Å²) in [6.45, 7) is 2.73. The molecule has 0 bridgehead atoms. The maximum atomic E-state index is 13.3. The third-order valence-electron chi connectivity index (χ3n) is 6.00. The average Bonchev–Trinajstić information content (AvgIpc) is 3.63. The summed E-state index contributed by atoms with van der Waals surface area (Å²) in [4.78, 5) is 18.4. The highest BCUT2D eigenvalue weighted by Gasteiger charge is 2.16. The van der Waals surface area contributed by atoms with Crippen molar-refractivity contribution in [3.05, 3.63) is 109 Å². The molecule has 0 aliphatic heterocycles. The lowest BCUT2D eigenvalue weighted by molar-refractivity contribution is 0.317. The quantitative estimate of drug-likeness (QED) is 0.223. The maximum Gasteiger partial charge on any atom is 0.291 e. The largest absolute Gasteiger partial charge is 0.494 e. The van der Waals surface area contributed by atoms with Crippen molar-refractivity contribution < 1.29 is 4.74 Å². The molecule has 0 unspecified atom stereocenters. The molecule has 0 fully saturated rings. The first-order valence-corrected chi connectivity index (χ1v) is 13.8. The molecular formula is C29H21Cl2N5O2S. The summed E-state index contributed by atoms with van der Waals surface area (Å²) in [5, 5.41) is 10.2. The smallest absolute Gasteiger partial charge is 0.291 e. The number of rotatable bonds is 7. The van der Waals surface area contributed by atoms with E-state index in [9.17, 15) is 4.79 Å². The summed E-state index contributed by atoms with van der Waals surface area (Å²) >= 11 is 13.6. The van der Waals surface area contributed by atoms with Crippen molar-refractivity contribution in [2.75, 3.05) is 6.61 Å². The van der Waals surface area contributed by atoms with Crippen molar-refractivity contribution in [1.29, 1.82) is 0 Å². The summed E-state index contributed by atoms with van der Waals surface area (Å²) in [7, 11) is 0. The highest BCUT2D eigenvalue weighted by molar-refractivity contribution is 7.15. The molecule has 0 aliphatic carbocycles. The van der Waals surface area contributed by atoms with Crippen LogP contribution in [0.1, 0.15) is 18.9 Å². The SMILES string of the molecule is CCCOc1ccc(-c2nn(-c3ccccc3)cc2/C=c2\sc3nc(-c4ccc(Cl)cc4Cl)nn3c2=O)cc1. The van der Waals surface area contributed by atoms with Gasteiger partial charge in [0.1, 0.15) is 11.4 Å². The van der Waals surface area contributed by atoms with E-state index in [0.29, 0.717) is 37.5 Å².